The van der Waals surface area contributed by atoms with Gasteiger partial charge in [0, 0.05) is 12.7 Å². The van der Waals surface area contributed by atoms with Crippen LogP contribution in [0.15, 0.2) is 42.6 Å². The maximum Gasteiger partial charge on any atom is 0.320 e. The lowest BCUT2D eigenvalue weighted by molar-refractivity contribution is 0.251. The number of aromatic nitrogens is 1. The predicted molar refractivity (Wildman–Crippen MR) is 85.0 cm³/mol. The average Bonchev–Trinajstić information content (AvgIpc) is 2.55. The fourth-order valence-corrected chi connectivity index (χ4v) is 1.77. The molecule has 2 rings (SSSR count). The normalized spacial score (nSPS) is 10.0. The molecule has 0 fully saturated rings. The molecule has 0 aliphatic heterocycles. The maximum atomic E-state index is 12.8. The van der Waals surface area contributed by atoms with Crippen LogP contribution in [0.2, 0.25) is 0 Å². The number of nitrogens with one attached hydrogen (secondary N) is 3. The van der Waals surface area contributed by atoms with Crippen LogP contribution in [0, 0.1) is 11.2 Å². The molecule has 2 amide bonds. The minimum atomic E-state index is -0.422. The molecule has 0 bridgehead atoms. The summed E-state index contributed by atoms with van der Waals surface area (Å²) in [6, 6.07) is 8.67. The zero-order chi connectivity index (χ0) is 16.7. The molecule has 0 atom stereocenters. The van der Waals surface area contributed by atoms with Crippen molar-refractivity contribution in [2.45, 2.75) is 13.5 Å². The van der Waals surface area contributed by atoms with E-state index in [0.717, 1.165) is 5.56 Å². The lowest BCUT2D eigenvalue weighted by atomic mass is 10.2. The lowest BCUT2D eigenvalue weighted by Gasteiger charge is -2.08. The Bertz CT molecular complexity index is 671. The maximum absolute atomic E-state index is 12.8. The van der Waals surface area contributed by atoms with Crippen molar-refractivity contribution in [1.29, 1.82) is 5.41 Å². The standard InChI is InChI=1S/C16H17FN4O2/c1-2-23-15(18)12-5-8-14(19-10-12)21-16(22)20-9-11-3-6-13(17)7-4-11/h3-8,10,18H,2,9H2,1H3,(H2,19,20,21,22). The summed E-state index contributed by atoms with van der Waals surface area (Å²) in [5.74, 6) is 0.0714. The number of carbonyl (C=O) groups is 1. The molecule has 2 aromatic rings. The Morgan fingerprint density at radius 2 is 2.00 bits per heavy atom. The second-order valence-corrected chi connectivity index (χ2v) is 4.63. The highest BCUT2D eigenvalue weighted by Crippen LogP contribution is 2.07. The van der Waals surface area contributed by atoms with Crippen molar-refractivity contribution in [1.82, 2.24) is 10.3 Å². The largest absolute Gasteiger partial charge is 0.478 e. The molecule has 1 aromatic carbocycles. The summed E-state index contributed by atoms with van der Waals surface area (Å²) in [6.45, 7) is 2.48. The molecule has 1 heterocycles. The number of amides is 2. The first kappa shape index (κ1) is 16.4. The van der Waals surface area contributed by atoms with Crippen LogP contribution in [0.5, 0.6) is 0 Å². The van der Waals surface area contributed by atoms with Gasteiger partial charge in [-0.15, -0.1) is 0 Å². The zero-order valence-corrected chi connectivity index (χ0v) is 12.6. The van der Waals surface area contributed by atoms with Crippen LogP contribution >= 0.6 is 0 Å². The molecule has 6 nitrogen and oxygen atoms in total. The summed E-state index contributed by atoms with van der Waals surface area (Å²) in [6.07, 6.45) is 1.45. The van der Waals surface area contributed by atoms with Gasteiger partial charge in [-0.2, -0.15) is 0 Å². The van der Waals surface area contributed by atoms with Crippen molar-refractivity contribution in [3.05, 3.63) is 59.5 Å². The molecule has 0 spiro atoms. The van der Waals surface area contributed by atoms with Crippen LogP contribution in [-0.2, 0) is 11.3 Å². The van der Waals surface area contributed by atoms with Gasteiger partial charge >= 0.3 is 6.03 Å². The van der Waals surface area contributed by atoms with E-state index >= 15 is 0 Å². The summed E-state index contributed by atoms with van der Waals surface area (Å²) >= 11 is 0. The van der Waals surface area contributed by atoms with Gasteiger partial charge in [0.05, 0.1) is 12.2 Å². The number of urea groups is 1. The summed E-state index contributed by atoms with van der Waals surface area (Å²) in [5.41, 5.74) is 1.32. The highest BCUT2D eigenvalue weighted by Gasteiger charge is 2.05. The Balaban J connectivity index is 1.85. The number of hydrogen-bond donors (Lipinski definition) is 3. The summed E-state index contributed by atoms with van der Waals surface area (Å²) < 4.78 is 17.8. The molecule has 0 saturated heterocycles. The van der Waals surface area contributed by atoms with Crippen molar-refractivity contribution < 1.29 is 13.9 Å². The summed E-state index contributed by atoms with van der Waals surface area (Å²) in [5, 5.41) is 12.8. The van der Waals surface area contributed by atoms with Crippen LogP contribution in [-0.4, -0.2) is 23.5 Å². The molecular formula is C16H17FN4O2. The Labute approximate surface area is 133 Å². The molecule has 7 heteroatoms. The van der Waals surface area contributed by atoms with E-state index in [-0.39, 0.29) is 18.3 Å². The molecule has 120 valence electrons. The second-order valence-electron chi connectivity index (χ2n) is 4.63. The molecule has 0 unspecified atom stereocenters. The molecule has 0 aliphatic carbocycles. The van der Waals surface area contributed by atoms with E-state index < -0.39 is 6.03 Å². The van der Waals surface area contributed by atoms with E-state index in [0.29, 0.717) is 18.0 Å². The van der Waals surface area contributed by atoms with Crippen LogP contribution in [0.4, 0.5) is 15.0 Å². The molecule has 3 N–H and O–H groups in total. The van der Waals surface area contributed by atoms with Gasteiger partial charge in [-0.1, -0.05) is 12.1 Å². The van der Waals surface area contributed by atoms with Crippen LogP contribution in [0.3, 0.4) is 0 Å². The minimum Gasteiger partial charge on any atom is -0.478 e. The van der Waals surface area contributed by atoms with Crippen molar-refractivity contribution >= 4 is 17.7 Å². The van der Waals surface area contributed by atoms with E-state index in [1.54, 1.807) is 31.2 Å². The number of rotatable bonds is 5. The topological polar surface area (TPSA) is 87.1 Å². The highest BCUT2D eigenvalue weighted by atomic mass is 19.1. The lowest BCUT2D eigenvalue weighted by Crippen LogP contribution is -2.28. The summed E-state index contributed by atoms with van der Waals surface area (Å²) in [7, 11) is 0. The number of nitrogens with zero attached hydrogens (tertiary/aromatic N) is 1. The number of ether oxygens (including phenoxy) is 1. The molecular weight excluding hydrogens is 299 g/mol. The van der Waals surface area contributed by atoms with E-state index in [1.165, 1.54) is 18.3 Å². The van der Waals surface area contributed by atoms with E-state index in [2.05, 4.69) is 15.6 Å². The first-order valence-electron chi connectivity index (χ1n) is 7.05. The van der Waals surface area contributed by atoms with E-state index in [9.17, 15) is 9.18 Å². The Morgan fingerprint density at radius 1 is 1.26 bits per heavy atom. The first-order chi connectivity index (χ1) is 11.1. The van der Waals surface area contributed by atoms with Crippen LogP contribution < -0.4 is 10.6 Å². The molecule has 0 saturated carbocycles. The van der Waals surface area contributed by atoms with Crippen molar-refractivity contribution in [2.75, 3.05) is 11.9 Å². The van der Waals surface area contributed by atoms with Crippen LogP contribution in [0.25, 0.3) is 0 Å². The Kier molecular flexibility index (Phi) is 5.62. The monoisotopic (exact) mass is 316 g/mol. The SMILES string of the molecule is CCOC(=N)c1ccc(NC(=O)NCc2ccc(F)cc2)nc1. The van der Waals surface area contributed by atoms with E-state index in [1.807, 2.05) is 0 Å². The Hall–Kier alpha value is -2.96. The molecule has 0 aliphatic rings. The molecule has 23 heavy (non-hydrogen) atoms. The third-order valence-electron chi connectivity index (χ3n) is 2.92. The predicted octanol–water partition coefficient (Wildman–Crippen LogP) is 2.90. The summed E-state index contributed by atoms with van der Waals surface area (Å²) in [4.78, 5) is 15.8. The van der Waals surface area contributed by atoms with Gasteiger partial charge in [0.2, 0.25) is 5.90 Å². The fourth-order valence-electron chi connectivity index (χ4n) is 1.77. The quantitative estimate of drug-likeness (QED) is 0.585. The fraction of sp³-hybridized carbons (Fsp3) is 0.188. The number of benzene rings is 1. The van der Waals surface area contributed by atoms with Gasteiger partial charge in [-0.3, -0.25) is 10.7 Å². The number of pyridine rings is 1. The van der Waals surface area contributed by atoms with Gasteiger partial charge in [0.25, 0.3) is 0 Å². The van der Waals surface area contributed by atoms with Crippen molar-refractivity contribution in [3.63, 3.8) is 0 Å². The smallest absolute Gasteiger partial charge is 0.320 e. The third kappa shape index (κ3) is 5.06. The number of anilines is 1. The van der Waals surface area contributed by atoms with Gasteiger partial charge < -0.3 is 10.1 Å². The molecule has 1 aromatic heterocycles. The Morgan fingerprint density at radius 3 is 2.61 bits per heavy atom. The van der Waals surface area contributed by atoms with Crippen LogP contribution in [0.1, 0.15) is 18.1 Å². The number of halogens is 1. The number of carbonyl (C=O) groups excluding carboxylic acids is 1. The highest BCUT2D eigenvalue weighted by molar-refractivity contribution is 5.92. The second kappa shape index (κ2) is 7.88. The molecule has 0 radical (unpaired) electrons. The van der Waals surface area contributed by atoms with Crippen molar-refractivity contribution in [2.24, 2.45) is 0 Å². The first-order valence-corrected chi connectivity index (χ1v) is 7.05. The average molecular weight is 316 g/mol. The van der Waals surface area contributed by atoms with E-state index in [4.69, 9.17) is 10.1 Å². The number of hydrogen-bond acceptors (Lipinski definition) is 4. The van der Waals surface area contributed by atoms with Crippen molar-refractivity contribution in [3.8, 4) is 0 Å². The van der Waals surface area contributed by atoms with Gasteiger partial charge in [-0.05, 0) is 36.8 Å². The minimum absolute atomic E-state index is 0.0345. The van der Waals surface area contributed by atoms with Gasteiger partial charge in [-0.25, -0.2) is 14.2 Å². The van der Waals surface area contributed by atoms with Gasteiger partial charge in [0.1, 0.15) is 11.6 Å². The van der Waals surface area contributed by atoms with Gasteiger partial charge in [0.15, 0.2) is 0 Å². The zero-order valence-electron chi connectivity index (χ0n) is 12.6. The third-order valence-corrected chi connectivity index (χ3v) is 2.92.